The van der Waals surface area contributed by atoms with Crippen molar-refractivity contribution in [2.24, 2.45) is 11.3 Å². The summed E-state index contributed by atoms with van der Waals surface area (Å²) in [6.07, 6.45) is 10.5. The van der Waals surface area contributed by atoms with E-state index in [0.29, 0.717) is 11.7 Å². The Kier molecular flexibility index (Phi) is 2.89. The first-order valence-electron chi connectivity index (χ1n) is 6.99. The quantitative estimate of drug-likeness (QED) is 0.692. The molecule has 2 fully saturated rings. The highest BCUT2D eigenvalue weighted by Crippen LogP contribution is 2.49. The van der Waals surface area contributed by atoms with Crippen molar-refractivity contribution in [2.45, 2.75) is 45.4 Å². The lowest BCUT2D eigenvalue weighted by Crippen LogP contribution is -2.42. The molecule has 2 aliphatic carbocycles. The molecule has 2 saturated carbocycles. The summed E-state index contributed by atoms with van der Waals surface area (Å²) in [5, 5.41) is 0. The molecule has 0 N–H and O–H groups in total. The average Bonchev–Trinajstić information content (AvgIpc) is 2.87. The van der Waals surface area contributed by atoms with E-state index in [2.05, 4.69) is 6.92 Å². The molecule has 0 bridgehead atoms. The van der Waals surface area contributed by atoms with Crippen molar-refractivity contribution in [1.29, 1.82) is 0 Å². The van der Waals surface area contributed by atoms with E-state index in [9.17, 15) is 4.79 Å². The van der Waals surface area contributed by atoms with Crippen molar-refractivity contribution in [3.05, 3.63) is 29.7 Å². The van der Waals surface area contributed by atoms with Gasteiger partial charge in [-0.25, -0.2) is 0 Å². The van der Waals surface area contributed by atoms with Crippen molar-refractivity contribution >= 4 is 11.9 Å². The van der Waals surface area contributed by atoms with Crippen LogP contribution >= 0.6 is 0 Å². The number of furan rings is 1. The van der Waals surface area contributed by atoms with Gasteiger partial charge in [0.1, 0.15) is 5.76 Å². The summed E-state index contributed by atoms with van der Waals surface area (Å²) in [6, 6.07) is 3.78. The van der Waals surface area contributed by atoms with Gasteiger partial charge < -0.3 is 4.42 Å². The maximum absolute atomic E-state index is 12.7. The first kappa shape index (κ1) is 11.8. The molecule has 18 heavy (non-hydrogen) atoms. The summed E-state index contributed by atoms with van der Waals surface area (Å²) in [6.45, 7) is 2.17. The van der Waals surface area contributed by atoms with E-state index in [1.807, 2.05) is 18.2 Å². The van der Waals surface area contributed by atoms with Crippen molar-refractivity contribution in [2.75, 3.05) is 0 Å². The molecule has 96 valence electrons. The first-order chi connectivity index (χ1) is 8.70. The van der Waals surface area contributed by atoms with Crippen molar-refractivity contribution in [1.82, 2.24) is 0 Å². The minimum Gasteiger partial charge on any atom is -0.465 e. The van der Waals surface area contributed by atoms with Gasteiger partial charge in [0.2, 0.25) is 0 Å². The number of hydrogen-bond acceptors (Lipinski definition) is 2. The summed E-state index contributed by atoms with van der Waals surface area (Å²) in [7, 11) is 0. The van der Waals surface area contributed by atoms with Gasteiger partial charge in [-0.3, -0.25) is 4.79 Å². The van der Waals surface area contributed by atoms with Crippen molar-refractivity contribution in [3.8, 4) is 0 Å². The zero-order valence-electron chi connectivity index (χ0n) is 10.9. The van der Waals surface area contributed by atoms with Gasteiger partial charge in [-0.15, -0.1) is 0 Å². The van der Waals surface area contributed by atoms with Crippen molar-refractivity contribution < 1.29 is 9.21 Å². The fourth-order valence-electron chi connectivity index (χ4n) is 3.66. The topological polar surface area (TPSA) is 30.2 Å². The number of carbonyl (C=O) groups is 1. The van der Waals surface area contributed by atoms with Crippen LogP contribution in [0.2, 0.25) is 0 Å². The summed E-state index contributed by atoms with van der Waals surface area (Å²) >= 11 is 0. The van der Waals surface area contributed by atoms with E-state index >= 15 is 0 Å². The molecule has 0 radical (unpaired) electrons. The lowest BCUT2D eigenvalue weighted by molar-refractivity contribution is -0.131. The van der Waals surface area contributed by atoms with Crippen molar-refractivity contribution in [3.63, 3.8) is 0 Å². The fraction of sp³-hybridized carbons (Fsp3) is 0.562. The Morgan fingerprint density at radius 1 is 1.39 bits per heavy atom. The lowest BCUT2D eigenvalue weighted by Gasteiger charge is -2.44. The number of ketones is 1. The molecule has 0 spiro atoms. The van der Waals surface area contributed by atoms with E-state index in [1.165, 1.54) is 19.3 Å². The van der Waals surface area contributed by atoms with Crippen LogP contribution in [-0.2, 0) is 4.79 Å². The zero-order valence-corrected chi connectivity index (χ0v) is 10.9. The van der Waals surface area contributed by atoms with Crippen LogP contribution in [0.4, 0.5) is 0 Å². The number of allylic oxidation sites excluding steroid dienone is 1. The predicted octanol–water partition coefficient (Wildman–Crippen LogP) is 4.22. The highest BCUT2D eigenvalue weighted by Gasteiger charge is 2.46. The SMILES string of the molecule is CC12CCCCC1CC/C(=C/c1ccco1)C2=O. The second-order valence-corrected chi connectivity index (χ2v) is 5.91. The van der Waals surface area contributed by atoms with E-state index in [1.54, 1.807) is 6.26 Å². The molecule has 2 unspecified atom stereocenters. The highest BCUT2D eigenvalue weighted by molar-refractivity contribution is 6.04. The van der Waals surface area contributed by atoms with Crippen LogP contribution in [0.15, 0.2) is 28.4 Å². The van der Waals surface area contributed by atoms with Crippen LogP contribution in [-0.4, -0.2) is 5.78 Å². The normalized spacial score (nSPS) is 34.6. The molecule has 0 saturated heterocycles. The lowest BCUT2D eigenvalue weighted by atomic mass is 9.58. The molecule has 0 aliphatic heterocycles. The van der Waals surface area contributed by atoms with Crippen LogP contribution in [0.3, 0.4) is 0 Å². The number of rotatable bonds is 1. The first-order valence-corrected chi connectivity index (χ1v) is 6.99. The summed E-state index contributed by atoms with van der Waals surface area (Å²) in [5.41, 5.74) is 0.861. The van der Waals surface area contributed by atoms with E-state index in [4.69, 9.17) is 4.42 Å². The van der Waals surface area contributed by atoms with Crippen LogP contribution < -0.4 is 0 Å². The van der Waals surface area contributed by atoms with Gasteiger partial charge in [0.15, 0.2) is 5.78 Å². The second-order valence-electron chi connectivity index (χ2n) is 5.91. The van der Waals surface area contributed by atoms with Crippen LogP contribution in [0.25, 0.3) is 6.08 Å². The molecule has 3 rings (SSSR count). The van der Waals surface area contributed by atoms with Crippen LogP contribution in [0.5, 0.6) is 0 Å². The Bertz CT molecular complexity index is 469. The van der Waals surface area contributed by atoms with Gasteiger partial charge in [-0.2, -0.15) is 0 Å². The summed E-state index contributed by atoms with van der Waals surface area (Å²) in [4.78, 5) is 12.7. The van der Waals surface area contributed by atoms with E-state index < -0.39 is 0 Å². The monoisotopic (exact) mass is 244 g/mol. The van der Waals surface area contributed by atoms with Gasteiger partial charge in [0, 0.05) is 5.41 Å². The minimum absolute atomic E-state index is 0.102. The number of fused-ring (bicyclic) bond motifs is 1. The van der Waals surface area contributed by atoms with Gasteiger partial charge in [-0.1, -0.05) is 19.8 Å². The van der Waals surface area contributed by atoms with E-state index in [0.717, 1.165) is 30.6 Å². The standard InChI is InChI=1S/C16H20O2/c1-16-9-3-2-5-13(16)8-7-12(15(16)17)11-14-6-4-10-18-14/h4,6,10-11,13H,2-3,5,7-9H2,1H3/b12-11-. The zero-order chi connectivity index (χ0) is 12.6. The molecule has 2 nitrogen and oxygen atoms in total. The summed E-state index contributed by atoms with van der Waals surface area (Å²) < 4.78 is 5.32. The van der Waals surface area contributed by atoms with Gasteiger partial charge in [-0.05, 0) is 55.4 Å². The minimum atomic E-state index is -0.102. The molecular formula is C16H20O2. The highest BCUT2D eigenvalue weighted by atomic mass is 16.3. The Hall–Kier alpha value is -1.31. The molecular weight excluding hydrogens is 224 g/mol. The number of carbonyl (C=O) groups excluding carboxylic acids is 1. The van der Waals surface area contributed by atoms with Crippen LogP contribution in [0.1, 0.15) is 51.2 Å². The molecule has 0 amide bonds. The Labute approximate surface area is 108 Å². The maximum atomic E-state index is 12.7. The molecule has 2 atom stereocenters. The second kappa shape index (κ2) is 4.42. The van der Waals surface area contributed by atoms with Gasteiger partial charge >= 0.3 is 0 Å². The summed E-state index contributed by atoms with van der Waals surface area (Å²) in [5.74, 6) is 1.78. The smallest absolute Gasteiger partial charge is 0.165 e. The molecule has 0 aromatic carbocycles. The van der Waals surface area contributed by atoms with Gasteiger partial charge in [0.25, 0.3) is 0 Å². The number of Topliss-reactive ketones (excluding diaryl/α,β-unsaturated/α-hetero) is 1. The third-order valence-electron chi connectivity index (χ3n) is 4.83. The Balaban J connectivity index is 1.89. The molecule has 2 aliphatic rings. The molecule has 1 aromatic rings. The van der Waals surface area contributed by atoms with E-state index in [-0.39, 0.29) is 5.41 Å². The molecule has 1 aromatic heterocycles. The third kappa shape index (κ3) is 1.84. The van der Waals surface area contributed by atoms with Crippen LogP contribution in [0, 0.1) is 11.3 Å². The third-order valence-corrected chi connectivity index (χ3v) is 4.83. The average molecular weight is 244 g/mol. The maximum Gasteiger partial charge on any atom is 0.165 e. The Morgan fingerprint density at radius 3 is 3.06 bits per heavy atom. The number of hydrogen-bond donors (Lipinski definition) is 0. The Morgan fingerprint density at radius 2 is 2.28 bits per heavy atom. The largest absolute Gasteiger partial charge is 0.465 e. The van der Waals surface area contributed by atoms with Gasteiger partial charge in [0.05, 0.1) is 6.26 Å². The molecule has 2 heteroatoms. The molecule has 1 heterocycles. The fourth-order valence-corrected chi connectivity index (χ4v) is 3.66. The predicted molar refractivity (Wildman–Crippen MR) is 71.0 cm³/mol.